The lowest BCUT2D eigenvalue weighted by Crippen LogP contribution is -2.23. The number of amides is 1. The van der Waals surface area contributed by atoms with Gasteiger partial charge in [0.25, 0.3) is 5.91 Å². The van der Waals surface area contributed by atoms with Crippen LogP contribution in [0.25, 0.3) is 0 Å². The van der Waals surface area contributed by atoms with E-state index in [-0.39, 0.29) is 10.8 Å². The quantitative estimate of drug-likeness (QED) is 0.799. The van der Waals surface area contributed by atoms with Gasteiger partial charge in [-0.25, -0.2) is 13.1 Å². The molecule has 1 aromatic rings. The molecule has 0 atom stereocenters. The molecule has 0 saturated carbocycles. The maximum absolute atomic E-state index is 11.4. The van der Waals surface area contributed by atoms with Gasteiger partial charge in [0.15, 0.2) is 0 Å². The van der Waals surface area contributed by atoms with E-state index in [0.717, 1.165) is 0 Å². The molecular formula is C10H14N2O3S. The number of carbonyl (C=O) groups is 1. The second-order valence-electron chi connectivity index (χ2n) is 3.09. The number of nitrogens with one attached hydrogen (secondary N) is 2. The summed E-state index contributed by atoms with van der Waals surface area (Å²) in [6, 6.07) is 5.76. The first-order valence-electron chi connectivity index (χ1n) is 4.83. The summed E-state index contributed by atoms with van der Waals surface area (Å²) in [4.78, 5) is 11.5. The Kier molecular flexibility index (Phi) is 4.03. The zero-order chi connectivity index (χ0) is 12.2. The van der Waals surface area contributed by atoms with Crippen LogP contribution < -0.4 is 10.0 Å². The highest BCUT2D eigenvalue weighted by molar-refractivity contribution is 7.89. The van der Waals surface area contributed by atoms with Gasteiger partial charge >= 0.3 is 0 Å². The molecule has 0 aliphatic carbocycles. The average molecular weight is 242 g/mol. The fourth-order valence-electron chi connectivity index (χ4n) is 1.17. The first kappa shape index (κ1) is 12.7. The van der Waals surface area contributed by atoms with Gasteiger partial charge in [-0.2, -0.15) is 0 Å². The van der Waals surface area contributed by atoms with Gasteiger partial charge in [-0.1, -0.05) is 0 Å². The summed E-state index contributed by atoms with van der Waals surface area (Å²) >= 11 is 0. The topological polar surface area (TPSA) is 75.3 Å². The molecule has 0 fully saturated rings. The van der Waals surface area contributed by atoms with Crippen LogP contribution in [0.5, 0.6) is 0 Å². The van der Waals surface area contributed by atoms with Crippen molar-refractivity contribution in [3.05, 3.63) is 29.8 Å². The fraction of sp³-hybridized carbons (Fsp3) is 0.300. The first-order valence-corrected chi connectivity index (χ1v) is 6.31. The highest BCUT2D eigenvalue weighted by Crippen LogP contribution is 2.09. The molecule has 16 heavy (non-hydrogen) atoms. The molecule has 0 bridgehead atoms. The van der Waals surface area contributed by atoms with Crippen molar-refractivity contribution in [1.82, 2.24) is 10.0 Å². The van der Waals surface area contributed by atoms with Crippen LogP contribution in [-0.2, 0) is 10.0 Å². The maximum atomic E-state index is 11.4. The SMILES string of the molecule is CCNC(=O)c1ccc(S(=O)(=O)NC)cc1. The largest absolute Gasteiger partial charge is 0.352 e. The number of benzene rings is 1. The van der Waals surface area contributed by atoms with Crippen LogP contribution in [0.4, 0.5) is 0 Å². The first-order chi connectivity index (χ1) is 7.51. The molecule has 0 aliphatic heterocycles. The van der Waals surface area contributed by atoms with Gasteiger partial charge in [-0.05, 0) is 38.2 Å². The summed E-state index contributed by atoms with van der Waals surface area (Å²) in [6.45, 7) is 2.35. The molecule has 0 aliphatic rings. The Bertz CT molecular complexity index is 465. The molecule has 0 aromatic heterocycles. The molecule has 1 amide bonds. The van der Waals surface area contributed by atoms with Crippen LogP contribution in [-0.4, -0.2) is 27.9 Å². The van der Waals surface area contributed by atoms with Gasteiger partial charge < -0.3 is 5.32 Å². The van der Waals surface area contributed by atoms with E-state index in [0.29, 0.717) is 12.1 Å². The molecule has 5 nitrogen and oxygen atoms in total. The molecule has 0 radical (unpaired) electrons. The van der Waals surface area contributed by atoms with Crippen LogP contribution in [0.15, 0.2) is 29.2 Å². The van der Waals surface area contributed by atoms with Crippen molar-refractivity contribution in [2.45, 2.75) is 11.8 Å². The molecule has 1 aromatic carbocycles. The summed E-state index contributed by atoms with van der Waals surface area (Å²) in [5.41, 5.74) is 0.442. The van der Waals surface area contributed by atoms with Crippen molar-refractivity contribution in [1.29, 1.82) is 0 Å². The van der Waals surface area contributed by atoms with Crippen molar-refractivity contribution in [3.8, 4) is 0 Å². The van der Waals surface area contributed by atoms with Crippen LogP contribution in [0.2, 0.25) is 0 Å². The Morgan fingerprint density at radius 2 is 1.81 bits per heavy atom. The average Bonchev–Trinajstić information content (AvgIpc) is 2.29. The van der Waals surface area contributed by atoms with Crippen LogP contribution in [0.3, 0.4) is 0 Å². The van der Waals surface area contributed by atoms with E-state index in [1.807, 2.05) is 6.92 Å². The van der Waals surface area contributed by atoms with Crippen LogP contribution >= 0.6 is 0 Å². The van der Waals surface area contributed by atoms with Gasteiger partial charge in [0, 0.05) is 12.1 Å². The Balaban J connectivity index is 2.96. The van der Waals surface area contributed by atoms with Crippen molar-refractivity contribution < 1.29 is 13.2 Å². The minimum Gasteiger partial charge on any atom is -0.352 e. The van der Waals surface area contributed by atoms with Crippen molar-refractivity contribution in [2.24, 2.45) is 0 Å². The molecule has 6 heteroatoms. The molecule has 0 spiro atoms. The summed E-state index contributed by atoms with van der Waals surface area (Å²) in [6.07, 6.45) is 0. The molecule has 88 valence electrons. The molecular weight excluding hydrogens is 228 g/mol. The monoisotopic (exact) mass is 242 g/mol. The Morgan fingerprint density at radius 1 is 1.25 bits per heavy atom. The van der Waals surface area contributed by atoms with Gasteiger partial charge in [-0.3, -0.25) is 4.79 Å². The second-order valence-corrected chi connectivity index (χ2v) is 4.98. The van der Waals surface area contributed by atoms with Gasteiger partial charge in [0.05, 0.1) is 4.90 Å². The van der Waals surface area contributed by atoms with E-state index in [2.05, 4.69) is 10.0 Å². The predicted molar refractivity (Wildman–Crippen MR) is 60.7 cm³/mol. The third-order valence-corrected chi connectivity index (χ3v) is 3.46. The van der Waals surface area contributed by atoms with Gasteiger partial charge in [0.1, 0.15) is 0 Å². The van der Waals surface area contributed by atoms with Crippen LogP contribution in [0, 0.1) is 0 Å². The second kappa shape index (κ2) is 5.09. The van der Waals surface area contributed by atoms with Crippen molar-refractivity contribution >= 4 is 15.9 Å². The summed E-state index contributed by atoms with van der Waals surface area (Å²) in [7, 11) is -2.09. The van der Waals surface area contributed by atoms with Crippen molar-refractivity contribution in [2.75, 3.05) is 13.6 Å². The summed E-state index contributed by atoms with van der Waals surface area (Å²) in [5, 5.41) is 2.63. The summed E-state index contributed by atoms with van der Waals surface area (Å²) < 4.78 is 25.0. The molecule has 2 N–H and O–H groups in total. The summed E-state index contributed by atoms with van der Waals surface area (Å²) in [5.74, 6) is -0.212. The lowest BCUT2D eigenvalue weighted by Gasteiger charge is -2.04. The van der Waals surface area contributed by atoms with Crippen LogP contribution in [0.1, 0.15) is 17.3 Å². The molecule has 0 saturated heterocycles. The smallest absolute Gasteiger partial charge is 0.251 e. The minimum absolute atomic E-state index is 0.142. The Labute approximate surface area is 94.9 Å². The third kappa shape index (κ3) is 2.80. The predicted octanol–water partition coefficient (Wildman–Crippen LogP) is 0.344. The highest BCUT2D eigenvalue weighted by atomic mass is 32.2. The van der Waals surface area contributed by atoms with E-state index < -0.39 is 10.0 Å². The lowest BCUT2D eigenvalue weighted by atomic mass is 10.2. The van der Waals surface area contributed by atoms with E-state index >= 15 is 0 Å². The Morgan fingerprint density at radius 3 is 2.25 bits per heavy atom. The van der Waals surface area contributed by atoms with E-state index in [9.17, 15) is 13.2 Å². The molecule has 1 rings (SSSR count). The number of carbonyl (C=O) groups excluding carboxylic acids is 1. The zero-order valence-corrected chi connectivity index (χ0v) is 9.97. The molecule has 0 unspecified atom stereocenters. The zero-order valence-electron chi connectivity index (χ0n) is 9.15. The van der Waals surface area contributed by atoms with E-state index in [4.69, 9.17) is 0 Å². The maximum Gasteiger partial charge on any atom is 0.251 e. The number of hydrogen-bond acceptors (Lipinski definition) is 3. The third-order valence-electron chi connectivity index (χ3n) is 2.03. The fourth-order valence-corrected chi connectivity index (χ4v) is 1.90. The van der Waals surface area contributed by atoms with Gasteiger partial charge in [-0.15, -0.1) is 0 Å². The van der Waals surface area contributed by atoms with E-state index in [1.165, 1.54) is 31.3 Å². The number of rotatable bonds is 4. The van der Waals surface area contributed by atoms with E-state index in [1.54, 1.807) is 0 Å². The molecule has 0 heterocycles. The number of sulfonamides is 1. The Hall–Kier alpha value is -1.40. The normalized spacial score (nSPS) is 11.1. The minimum atomic E-state index is -3.43. The van der Waals surface area contributed by atoms with Gasteiger partial charge in [0.2, 0.25) is 10.0 Å². The lowest BCUT2D eigenvalue weighted by molar-refractivity contribution is 0.0955. The standard InChI is InChI=1S/C10H14N2O3S/c1-3-12-10(13)8-4-6-9(7-5-8)16(14,15)11-2/h4-7,11H,3H2,1-2H3,(H,12,13). The number of hydrogen-bond donors (Lipinski definition) is 2. The van der Waals surface area contributed by atoms with Crippen molar-refractivity contribution in [3.63, 3.8) is 0 Å². The highest BCUT2D eigenvalue weighted by Gasteiger charge is 2.11.